The van der Waals surface area contributed by atoms with Crippen LogP contribution in [0.25, 0.3) is 5.69 Å². The Morgan fingerprint density at radius 2 is 1.79 bits per heavy atom. The summed E-state index contributed by atoms with van der Waals surface area (Å²) in [4.78, 5) is 21.6. The molecule has 1 aliphatic carbocycles. The number of nitrogens with zero attached hydrogens (tertiary/aromatic N) is 5. The zero-order valence-electron chi connectivity index (χ0n) is 16.0. The van der Waals surface area contributed by atoms with Gasteiger partial charge in [-0.1, -0.05) is 41.9 Å². The van der Waals surface area contributed by atoms with E-state index in [1.54, 1.807) is 17.1 Å². The minimum atomic E-state index is -0.294. The van der Waals surface area contributed by atoms with Gasteiger partial charge in [0, 0.05) is 15.8 Å². The van der Waals surface area contributed by atoms with Gasteiger partial charge in [-0.05, 0) is 37.1 Å². The first kappa shape index (κ1) is 18.7. The van der Waals surface area contributed by atoms with Crippen molar-refractivity contribution < 1.29 is 4.79 Å². The summed E-state index contributed by atoms with van der Waals surface area (Å²) < 4.78 is 2.75. The summed E-state index contributed by atoms with van der Waals surface area (Å²) in [7, 11) is 0. The SMILES string of the molecule is CC(C)(C)c1ncc(NC(=O)c2nnn(-c3ccc(Br)cc3)c2C2CC2)cn1. The summed E-state index contributed by atoms with van der Waals surface area (Å²) in [5.74, 6) is 0.738. The molecule has 0 spiro atoms. The van der Waals surface area contributed by atoms with E-state index >= 15 is 0 Å². The lowest BCUT2D eigenvalue weighted by Crippen LogP contribution is -2.18. The molecule has 1 amide bonds. The Morgan fingerprint density at radius 1 is 1.14 bits per heavy atom. The molecule has 28 heavy (non-hydrogen) atoms. The highest BCUT2D eigenvalue weighted by atomic mass is 79.9. The third-order valence-corrected chi connectivity index (χ3v) is 5.06. The van der Waals surface area contributed by atoms with E-state index in [4.69, 9.17) is 0 Å². The number of hydrogen-bond acceptors (Lipinski definition) is 5. The maximum Gasteiger partial charge on any atom is 0.278 e. The smallest absolute Gasteiger partial charge is 0.278 e. The van der Waals surface area contributed by atoms with Gasteiger partial charge in [0.2, 0.25) is 0 Å². The minimum absolute atomic E-state index is 0.144. The first-order chi connectivity index (χ1) is 13.3. The first-order valence-corrected chi connectivity index (χ1v) is 9.97. The topological polar surface area (TPSA) is 85.6 Å². The number of hydrogen-bond donors (Lipinski definition) is 1. The fraction of sp³-hybridized carbons (Fsp3) is 0.350. The zero-order chi connectivity index (χ0) is 19.9. The average molecular weight is 441 g/mol. The molecule has 0 atom stereocenters. The number of anilines is 1. The summed E-state index contributed by atoms with van der Waals surface area (Å²) in [6.45, 7) is 6.13. The van der Waals surface area contributed by atoms with Crippen LogP contribution in [-0.2, 0) is 5.41 Å². The lowest BCUT2D eigenvalue weighted by atomic mass is 9.96. The third-order valence-electron chi connectivity index (χ3n) is 4.54. The Kier molecular flexibility index (Phi) is 4.74. The van der Waals surface area contributed by atoms with Crippen LogP contribution < -0.4 is 5.32 Å². The molecule has 3 aromatic rings. The molecule has 0 unspecified atom stereocenters. The van der Waals surface area contributed by atoms with Crippen LogP contribution in [-0.4, -0.2) is 30.9 Å². The molecule has 1 aromatic carbocycles. The molecule has 1 aliphatic rings. The summed E-state index contributed by atoms with van der Waals surface area (Å²) in [6.07, 6.45) is 5.32. The van der Waals surface area contributed by atoms with Crippen molar-refractivity contribution in [2.75, 3.05) is 5.32 Å². The minimum Gasteiger partial charge on any atom is -0.318 e. The molecule has 144 valence electrons. The summed E-state index contributed by atoms with van der Waals surface area (Å²) in [5, 5.41) is 11.3. The molecule has 0 radical (unpaired) electrons. The average Bonchev–Trinajstić information content (AvgIpc) is 3.40. The first-order valence-electron chi connectivity index (χ1n) is 9.18. The predicted octanol–water partition coefficient (Wildman–Crippen LogP) is 4.25. The second-order valence-electron chi connectivity index (χ2n) is 7.99. The van der Waals surface area contributed by atoms with Gasteiger partial charge in [0.1, 0.15) is 5.82 Å². The van der Waals surface area contributed by atoms with Crippen molar-refractivity contribution in [2.24, 2.45) is 0 Å². The van der Waals surface area contributed by atoms with E-state index in [9.17, 15) is 4.79 Å². The molecule has 0 saturated heterocycles. The van der Waals surface area contributed by atoms with Crippen LogP contribution in [0.5, 0.6) is 0 Å². The number of carbonyl (C=O) groups is 1. The van der Waals surface area contributed by atoms with Crippen molar-refractivity contribution in [1.29, 1.82) is 0 Å². The van der Waals surface area contributed by atoms with E-state index in [0.29, 0.717) is 17.3 Å². The third kappa shape index (κ3) is 3.82. The van der Waals surface area contributed by atoms with Gasteiger partial charge >= 0.3 is 0 Å². The van der Waals surface area contributed by atoms with E-state index in [0.717, 1.165) is 34.5 Å². The Balaban J connectivity index is 1.60. The van der Waals surface area contributed by atoms with Gasteiger partial charge in [-0.2, -0.15) is 0 Å². The molecule has 2 heterocycles. The van der Waals surface area contributed by atoms with Gasteiger partial charge in [-0.3, -0.25) is 4.79 Å². The van der Waals surface area contributed by atoms with Crippen LogP contribution >= 0.6 is 15.9 Å². The fourth-order valence-electron chi connectivity index (χ4n) is 2.92. The number of amides is 1. The zero-order valence-corrected chi connectivity index (χ0v) is 17.6. The van der Waals surface area contributed by atoms with Gasteiger partial charge in [-0.25, -0.2) is 14.6 Å². The molecule has 1 fully saturated rings. The van der Waals surface area contributed by atoms with E-state index < -0.39 is 0 Å². The van der Waals surface area contributed by atoms with Gasteiger partial charge in [0.15, 0.2) is 5.69 Å². The van der Waals surface area contributed by atoms with Gasteiger partial charge < -0.3 is 5.32 Å². The maximum atomic E-state index is 12.9. The van der Waals surface area contributed by atoms with Gasteiger partial charge in [0.25, 0.3) is 5.91 Å². The molecule has 1 N–H and O–H groups in total. The Bertz CT molecular complexity index is 1000. The standard InChI is InChI=1S/C20H21BrN6O/c1-20(2,3)19-22-10-14(11-23-19)24-18(28)16-17(12-4-5-12)27(26-25-16)15-8-6-13(21)7-9-15/h6-12H,4-5H2,1-3H3,(H,24,28). The van der Waals surface area contributed by atoms with Crippen LogP contribution in [0.3, 0.4) is 0 Å². The number of benzene rings is 1. The molecular weight excluding hydrogens is 420 g/mol. The van der Waals surface area contributed by atoms with Crippen molar-refractivity contribution in [1.82, 2.24) is 25.0 Å². The van der Waals surface area contributed by atoms with E-state index in [1.165, 1.54) is 0 Å². The Hall–Kier alpha value is -2.61. The van der Waals surface area contributed by atoms with Crippen molar-refractivity contribution in [3.63, 3.8) is 0 Å². The van der Waals surface area contributed by atoms with Crippen molar-refractivity contribution in [2.45, 2.75) is 44.9 Å². The van der Waals surface area contributed by atoms with Crippen molar-refractivity contribution in [3.8, 4) is 5.69 Å². The van der Waals surface area contributed by atoms with Crippen LogP contribution in [0.4, 0.5) is 5.69 Å². The summed E-state index contributed by atoms with van der Waals surface area (Å²) in [6, 6.07) is 7.79. The Morgan fingerprint density at radius 3 is 2.36 bits per heavy atom. The van der Waals surface area contributed by atoms with E-state index in [1.807, 2.05) is 45.0 Å². The second kappa shape index (κ2) is 7.09. The number of rotatable bonds is 4. The molecule has 1 saturated carbocycles. The second-order valence-corrected chi connectivity index (χ2v) is 8.90. The number of carbonyl (C=O) groups excluding carboxylic acids is 1. The quantitative estimate of drug-likeness (QED) is 0.655. The molecule has 4 rings (SSSR count). The fourth-order valence-corrected chi connectivity index (χ4v) is 3.18. The van der Waals surface area contributed by atoms with Gasteiger partial charge in [-0.15, -0.1) is 5.10 Å². The van der Waals surface area contributed by atoms with Crippen LogP contribution in [0.2, 0.25) is 0 Å². The van der Waals surface area contributed by atoms with E-state index in [2.05, 4.69) is 41.5 Å². The van der Waals surface area contributed by atoms with Crippen molar-refractivity contribution in [3.05, 3.63) is 58.3 Å². The van der Waals surface area contributed by atoms with Crippen LogP contribution in [0.15, 0.2) is 41.1 Å². The predicted molar refractivity (Wildman–Crippen MR) is 110 cm³/mol. The highest BCUT2D eigenvalue weighted by Gasteiger charge is 2.34. The van der Waals surface area contributed by atoms with Gasteiger partial charge in [0.05, 0.1) is 29.5 Å². The lowest BCUT2D eigenvalue weighted by Gasteiger charge is -2.16. The summed E-state index contributed by atoms with van der Waals surface area (Å²) in [5.41, 5.74) is 2.49. The molecule has 0 aliphatic heterocycles. The molecule has 2 aromatic heterocycles. The molecule has 8 heteroatoms. The molecular formula is C20H21BrN6O. The Labute approximate surface area is 171 Å². The monoisotopic (exact) mass is 440 g/mol. The van der Waals surface area contributed by atoms with Crippen molar-refractivity contribution >= 4 is 27.5 Å². The normalized spacial score (nSPS) is 14.1. The highest BCUT2D eigenvalue weighted by Crippen LogP contribution is 2.42. The number of nitrogens with one attached hydrogen (secondary N) is 1. The summed E-state index contributed by atoms with van der Waals surface area (Å²) >= 11 is 3.44. The largest absolute Gasteiger partial charge is 0.318 e. The van der Waals surface area contributed by atoms with Crippen LogP contribution in [0, 0.1) is 0 Å². The highest BCUT2D eigenvalue weighted by molar-refractivity contribution is 9.10. The molecule has 7 nitrogen and oxygen atoms in total. The molecule has 0 bridgehead atoms. The number of aromatic nitrogens is 5. The lowest BCUT2D eigenvalue weighted by molar-refractivity contribution is 0.102. The number of halogens is 1. The van der Waals surface area contributed by atoms with E-state index in [-0.39, 0.29) is 11.3 Å². The van der Waals surface area contributed by atoms with Crippen LogP contribution in [0.1, 0.15) is 61.5 Å². The maximum absolute atomic E-state index is 12.9.